The molecule has 3 aromatic rings. The minimum absolute atomic E-state index is 0.0487. The van der Waals surface area contributed by atoms with Gasteiger partial charge in [0.1, 0.15) is 5.60 Å². The van der Waals surface area contributed by atoms with Gasteiger partial charge in [0.15, 0.2) is 12.3 Å². The predicted octanol–water partition coefficient (Wildman–Crippen LogP) is 2.32. The maximum absolute atomic E-state index is 11.9. The van der Waals surface area contributed by atoms with Crippen LogP contribution >= 0.6 is 0 Å². The first-order chi connectivity index (χ1) is 14.3. The van der Waals surface area contributed by atoms with Crippen LogP contribution in [0.25, 0.3) is 0 Å². The number of rotatable bonds is 6. The van der Waals surface area contributed by atoms with E-state index in [1.54, 1.807) is 33.9 Å². The van der Waals surface area contributed by atoms with Gasteiger partial charge in [-0.3, -0.25) is 5.32 Å². The molecule has 1 N–H and O–H groups in total. The Morgan fingerprint density at radius 3 is 2.63 bits per heavy atom. The number of nitrogens with one attached hydrogen (secondary N) is 1. The quantitative estimate of drug-likeness (QED) is 0.484. The van der Waals surface area contributed by atoms with Crippen LogP contribution in [0.5, 0.6) is 0 Å². The van der Waals surface area contributed by atoms with Crippen molar-refractivity contribution in [3.63, 3.8) is 0 Å². The number of oxime groups is 1. The van der Waals surface area contributed by atoms with Crippen LogP contribution in [0.2, 0.25) is 0 Å². The van der Waals surface area contributed by atoms with Gasteiger partial charge in [0, 0.05) is 18.8 Å². The van der Waals surface area contributed by atoms with Gasteiger partial charge in [-0.25, -0.2) is 19.4 Å². The maximum atomic E-state index is 11.9. The lowest BCUT2D eigenvalue weighted by Gasteiger charge is -2.19. The van der Waals surface area contributed by atoms with E-state index in [0.717, 1.165) is 5.56 Å². The summed E-state index contributed by atoms with van der Waals surface area (Å²) in [7, 11) is 1.72. The summed E-state index contributed by atoms with van der Waals surface area (Å²) in [6.45, 7) is 5.36. The summed E-state index contributed by atoms with van der Waals surface area (Å²) in [6, 6.07) is 11.1. The third-order valence-electron chi connectivity index (χ3n) is 3.57. The van der Waals surface area contributed by atoms with Gasteiger partial charge in [0.25, 0.3) is 0 Å². The van der Waals surface area contributed by atoms with Crippen molar-refractivity contribution in [2.45, 2.75) is 33.0 Å². The third-order valence-corrected chi connectivity index (χ3v) is 3.57. The Hall–Kier alpha value is -3.89. The van der Waals surface area contributed by atoms with Crippen LogP contribution in [-0.2, 0) is 23.2 Å². The number of nitrogens with zero attached hydrogens (tertiary/aromatic N) is 7. The summed E-state index contributed by atoms with van der Waals surface area (Å²) in [4.78, 5) is 25.6. The molecule has 0 saturated heterocycles. The first kappa shape index (κ1) is 20.8. The van der Waals surface area contributed by atoms with Crippen LogP contribution in [0.3, 0.4) is 0 Å². The average Bonchev–Trinajstić information content (AvgIpc) is 3.10. The molecular weight excluding hydrogens is 388 g/mol. The first-order valence-electron chi connectivity index (χ1n) is 9.12. The number of benzene rings is 1. The highest BCUT2D eigenvalue weighted by atomic mass is 16.6. The summed E-state index contributed by atoms with van der Waals surface area (Å²) in [5.74, 6) is 0.561. The minimum atomic E-state index is -0.639. The monoisotopic (exact) mass is 410 g/mol. The molecule has 0 spiro atoms. The molecular formula is C19H22N8O3. The van der Waals surface area contributed by atoms with Crippen molar-refractivity contribution in [1.29, 1.82) is 0 Å². The predicted molar refractivity (Wildman–Crippen MR) is 108 cm³/mol. The normalized spacial score (nSPS) is 11.8. The highest BCUT2D eigenvalue weighted by Crippen LogP contribution is 2.11. The van der Waals surface area contributed by atoms with Crippen molar-refractivity contribution in [2.75, 3.05) is 5.32 Å². The van der Waals surface area contributed by atoms with E-state index >= 15 is 0 Å². The number of tetrazole rings is 1. The molecule has 1 amide bonds. The highest BCUT2D eigenvalue weighted by molar-refractivity contribution is 6.10. The number of anilines is 1. The fourth-order valence-electron chi connectivity index (χ4n) is 2.34. The number of hydrogen-bond donors (Lipinski definition) is 1. The minimum Gasteiger partial charge on any atom is -0.444 e. The number of aryl methyl sites for hydroxylation is 1. The van der Waals surface area contributed by atoms with E-state index in [4.69, 9.17) is 9.57 Å². The molecule has 2 heterocycles. The van der Waals surface area contributed by atoms with Gasteiger partial charge in [-0.15, -0.1) is 5.10 Å². The number of ether oxygens (including phenoxy) is 1. The van der Waals surface area contributed by atoms with Crippen molar-refractivity contribution in [1.82, 2.24) is 30.2 Å². The van der Waals surface area contributed by atoms with Crippen molar-refractivity contribution >= 4 is 17.8 Å². The molecule has 11 heteroatoms. The molecule has 3 rings (SSSR count). The number of carbonyl (C=O) groups is 1. The number of aromatic nitrogens is 6. The van der Waals surface area contributed by atoms with Crippen LogP contribution in [0, 0.1) is 0 Å². The second-order valence-electron chi connectivity index (χ2n) is 7.20. The Morgan fingerprint density at radius 2 is 1.97 bits per heavy atom. The molecule has 30 heavy (non-hydrogen) atoms. The largest absolute Gasteiger partial charge is 0.444 e. The van der Waals surface area contributed by atoms with Gasteiger partial charge in [-0.1, -0.05) is 35.5 Å². The van der Waals surface area contributed by atoms with Crippen molar-refractivity contribution in [3.05, 3.63) is 59.7 Å². The maximum Gasteiger partial charge on any atom is 0.414 e. The zero-order valence-corrected chi connectivity index (χ0v) is 17.1. The van der Waals surface area contributed by atoms with E-state index in [2.05, 4.69) is 36.0 Å². The van der Waals surface area contributed by atoms with E-state index in [-0.39, 0.29) is 12.6 Å². The third kappa shape index (κ3) is 5.80. The molecule has 11 nitrogen and oxygen atoms in total. The first-order valence-corrected chi connectivity index (χ1v) is 9.12. The molecule has 0 aliphatic heterocycles. The fourth-order valence-corrected chi connectivity index (χ4v) is 2.34. The Balaban J connectivity index is 1.71. The molecule has 0 fully saturated rings. The standard InChI is InChI=1S/C19H22N8O3/c1-19(2,3)30-18(28)22-17-20-11-10-14(21-17)12-29-24-15(13-8-6-5-7-9-13)16-23-25-26-27(16)4/h5-11H,12H2,1-4H3,(H,20,21,22,28)/b24-15-. The van der Waals surface area contributed by atoms with E-state index in [1.807, 2.05) is 30.3 Å². The summed E-state index contributed by atoms with van der Waals surface area (Å²) in [5.41, 5.74) is 1.17. The molecule has 0 bridgehead atoms. The van der Waals surface area contributed by atoms with Gasteiger partial charge in [0.2, 0.25) is 11.8 Å². The second-order valence-corrected chi connectivity index (χ2v) is 7.20. The zero-order chi connectivity index (χ0) is 21.6. The van der Waals surface area contributed by atoms with Crippen molar-refractivity contribution in [2.24, 2.45) is 12.2 Å². The van der Waals surface area contributed by atoms with Crippen LogP contribution in [-0.4, -0.2) is 47.6 Å². The van der Waals surface area contributed by atoms with Gasteiger partial charge in [0.05, 0.1) is 5.69 Å². The summed E-state index contributed by atoms with van der Waals surface area (Å²) >= 11 is 0. The van der Waals surface area contributed by atoms with Crippen LogP contribution < -0.4 is 5.32 Å². The summed E-state index contributed by atoms with van der Waals surface area (Å²) in [5, 5.41) is 18.2. The number of amides is 1. The van der Waals surface area contributed by atoms with E-state index in [1.165, 1.54) is 10.9 Å². The molecule has 156 valence electrons. The lowest BCUT2D eigenvalue weighted by atomic mass is 10.1. The lowest BCUT2D eigenvalue weighted by Crippen LogP contribution is -2.27. The molecule has 0 unspecified atom stereocenters. The fraction of sp³-hybridized carbons (Fsp3) is 0.316. The average molecular weight is 410 g/mol. The molecule has 0 aliphatic rings. The van der Waals surface area contributed by atoms with Gasteiger partial charge >= 0.3 is 6.09 Å². The molecule has 0 saturated carbocycles. The molecule has 1 aromatic carbocycles. The molecule has 0 aliphatic carbocycles. The van der Waals surface area contributed by atoms with Crippen molar-refractivity contribution < 1.29 is 14.4 Å². The summed E-state index contributed by atoms with van der Waals surface area (Å²) in [6.07, 6.45) is 0.868. The van der Waals surface area contributed by atoms with Crippen LogP contribution in [0.1, 0.15) is 37.9 Å². The van der Waals surface area contributed by atoms with Gasteiger partial charge < -0.3 is 9.57 Å². The van der Waals surface area contributed by atoms with Gasteiger partial charge in [-0.2, -0.15) is 0 Å². The smallest absolute Gasteiger partial charge is 0.414 e. The summed E-state index contributed by atoms with van der Waals surface area (Å²) < 4.78 is 6.69. The Morgan fingerprint density at radius 1 is 1.20 bits per heavy atom. The van der Waals surface area contributed by atoms with Crippen LogP contribution in [0.15, 0.2) is 47.8 Å². The Labute approximate surface area is 173 Å². The van der Waals surface area contributed by atoms with E-state index in [9.17, 15) is 4.79 Å². The van der Waals surface area contributed by atoms with E-state index in [0.29, 0.717) is 17.2 Å². The van der Waals surface area contributed by atoms with Crippen molar-refractivity contribution in [3.8, 4) is 0 Å². The Kier molecular flexibility index (Phi) is 6.30. The molecule has 2 aromatic heterocycles. The van der Waals surface area contributed by atoms with E-state index < -0.39 is 11.7 Å². The molecule has 0 atom stereocenters. The number of hydrogen-bond acceptors (Lipinski definition) is 9. The number of carbonyl (C=O) groups excluding carboxylic acids is 1. The van der Waals surface area contributed by atoms with Gasteiger partial charge in [-0.05, 0) is 37.3 Å². The SMILES string of the molecule is Cn1nnnc1/C(=N\OCc1ccnc(NC(=O)OC(C)(C)C)n1)c1ccccc1. The highest BCUT2D eigenvalue weighted by Gasteiger charge is 2.17. The topological polar surface area (TPSA) is 129 Å². The van der Waals surface area contributed by atoms with Crippen LogP contribution in [0.4, 0.5) is 10.7 Å². The zero-order valence-electron chi connectivity index (χ0n) is 17.1. The Bertz CT molecular complexity index is 1030. The lowest BCUT2D eigenvalue weighted by molar-refractivity contribution is 0.0634. The molecule has 0 radical (unpaired) electrons. The second kappa shape index (κ2) is 9.07.